The van der Waals surface area contributed by atoms with Crippen LogP contribution in [0.1, 0.15) is 12.0 Å². The van der Waals surface area contributed by atoms with Crippen molar-refractivity contribution in [3.8, 4) is 16.9 Å². The number of ether oxygens (including phenoxy) is 1. The number of benzene rings is 2. The fourth-order valence-electron chi connectivity index (χ4n) is 2.81. The van der Waals surface area contributed by atoms with Crippen molar-refractivity contribution < 1.29 is 22.7 Å². The van der Waals surface area contributed by atoms with Crippen LogP contribution in [0.2, 0.25) is 0 Å². The first-order valence-corrected chi connectivity index (χ1v) is 10.5. The molecule has 0 amide bonds. The maximum atomic E-state index is 14.0. The Labute approximate surface area is 168 Å². The largest absolute Gasteiger partial charge is 0.491 e. The zero-order valence-electron chi connectivity index (χ0n) is 15.5. The predicted molar refractivity (Wildman–Crippen MR) is 107 cm³/mol. The van der Waals surface area contributed by atoms with E-state index in [0.29, 0.717) is 29.7 Å². The Hall–Kier alpha value is -2.81. The molecule has 6 nitrogen and oxygen atoms in total. The minimum atomic E-state index is -4.10. The molecule has 3 N–H and O–H groups in total. The highest BCUT2D eigenvalue weighted by Crippen LogP contribution is 2.25. The number of nitrogens with two attached hydrogens (primary N) is 1. The van der Waals surface area contributed by atoms with Gasteiger partial charge in [-0.1, -0.05) is 24.3 Å². The normalized spacial score (nSPS) is 12.5. The Bertz CT molecular complexity index is 1060. The molecule has 152 valence electrons. The van der Waals surface area contributed by atoms with Crippen molar-refractivity contribution in [1.82, 2.24) is 4.98 Å². The summed E-state index contributed by atoms with van der Waals surface area (Å²) in [6, 6.07) is 14.4. The van der Waals surface area contributed by atoms with E-state index in [4.69, 9.17) is 9.88 Å². The number of hydrogen-bond donors (Lipinski definition) is 2. The van der Waals surface area contributed by atoms with E-state index in [2.05, 4.69) is 4.98 Å². The summed E-state index contributed by atoms with van der Waals surface area (Å²) in [5.41, 5.74) is 2.25. The molecular formula is C21H21FN2O4S. The number of aryl methyl sites for hydroxylation is 1. The molecule has 0 aliphatic heterocycles. The van der Waals surface area contributed by atoms with Gasteiger partial charge in [0, 0.05) is 12.4 Å². The summed E-state index contributed by atoms with van der Waals surface area (Å²) in [5, 5.41) is 15.1. The Kier molecular flexibility index (Phi) is 6.58. The fraction of sp³-hybridized carbons (Fsp3) is 0.190. The third-order valence-corrected chi connectivity index (χ3v) is 5.30. The van der Waals surface area contributed by atoms with Gasteiger partial charge in [0.25, 0.3) is 0 Å². The van der Waals surface area contributed by atoms with Gasteiger partial charge >= 0.3 is 0 Å². The Balaban J connectivity index is 1.57. The van der Waals surface area contributed by atoms with E-state index in [1.165, 1.54) is 6.07 Å². The standard InChI is InChI=1S/C21H21FN2O4S/c22-20-12-17(6-10-21(20)29(23,26)27)16-4-8-19(9-5-16)28-14-18(25)7-3-15-2-1-11-24-13-15/h1-2,4-6,8-13,18,25H,3,7,14H2,(H2,23,26,27)/t18-/m1/s1. The lowest BCUT2D eigenvalue weighted by atomic mass is 10.1. The third-order valence-electron chi connectivity index (χ3n) is 4.36. The summed E-state index contributed by atoms with van der Waals surface area (Å²) < 4.78 is 42.2. The van der Waals surface area contributed by atoms with Crippen molar-refractivity contribution >= 4 is 10.0 Å². The SMILES string of the molecule is NS(=O)(=O)c1ccc(-c2ccc(OC[C@H](O)CCc3cccnc3)cc2)cc1F. The number of rotatable bonds is 8. The van der Waals surface area contributed by atoms with Crippen LogP contribution in [0.5, 0.6) is 5.75 Å². The van der Waals surface area contributed by atoms with Crippen molar-refractivity contribution in [3.05, 3.63) is 78.4 Å². The van der Waals surface area contributed by atoms with Gasteiger partial charge in [0.05, 0.1) is 6.10 Å². The summed E-state index contributed by atoms with van der Waals surface area (Å²) in [5.74, 6) is -0.335. The summed E-state index contributed by atoms with van der Waals surface area (Å²) in [4.78, 5) is 3.50. The Morgan fingerprint density at radius 3 is 2.45 bits per heavy atom. The second kappa shape index (κ2) is 9.13. The van der Waals surface area contributed by atoms with Crippen molar-refractivity contribution in [1.29, 1.82) is 0 Å². The number of aliphatic hydroxyl groups is 1. The molecular weight excluding hydrogens is 395 g/mol. The molecule has 0 saturated heterocycles. The molecule has 1 atom stereocenters. The molecule has 29 heavy (non-hydrogen) atoms. The number of pyridine rings is 1. The highest BCUT2D eigenvalue weighted by Gasteiger charge is 2.15. The van der Waals surface area contributed by atoms with E-state index in [1.807, 2.05) is 12.1 Å². The van der Waals surface area contributed by atoms with Crippen LogP contribution in [0.25, 0.3) is 11.1 Å². The van der Waals surface area contributed by atoms with Gasteiger partial charge in [-0.05, 0) is 59.9 Å². The lowest BCUT2D eigenvalue weighted by molar-refractivity contribution is 0.100. The van der Waals surface area contributed by atoms with Gasteiger partial charge in [-0.25, -0.2) is 17.9 Å². The van der Waals surface area contributed by atoms with Crippen molar-refractivity contribution in [2.45, 2.75) is 23.8 Å². The van der Waals surface area contributed by atoms with Crippen molar-refractivity contribution in [2.75, 3.05) is 6.61 Å². The van der Waals surface area contributed by atoms with Crippen LogP contribution in [0.4, 0.5) is 4.39 Å². The average Bonchev–Trinajstić information content (AvgIpc) is 2.71. The van der Waals surface area contributed by atoms with Crippen molar-refractivity contribution in [3.63, 3.8) is 0 Å². The first kappa shape index (κ1) is 20.9. The van der Waals surface area contributed by atoms with Gasteiger partial charge in [-0.15, -0.1) is 0 Å². The Morgan fingerprint density at radius 1 is 1.10 bits per heavy atom. The molecule has 0 aliphatic rings. The topological polar surface area (TPSA) is 103 Å². The second-order valence-corrected chi connectivity index (χ2v) is 8.11. The first-order valence-electron chi connectivity index (χ1n) is 8.95. The van der Waals surface area contributed by atoms with Gasteiger partial charge in [-0.3, -0.25) is 4.98 Å². The highest BCUT2D eigenvalue weighted by atomic mass is 32.2. The summed E-state index contributed by atoms with van der Waals surface area (Å²) in [6.07, 6.45) is 4.12. The molecule has 0 bridgehead atoms. The number of hydrogen-bond acceptors (Lipinski definition) is 5. The van der Waals surface area contributed by atoms with Crippen LogP contribution in [0.3, 0.4) is 0 Å². The van der Waals surface area contributed by atoms with Crippen LogP contribution < -0.4 is 9.88 Å². The predicted octanol–water partition coefficient (Wildman–Crippen LogP) is 2.91. The average molecular weight is 416 g/mol. The van der Waals surface area contributed by atoms with E-state index in [0.717, 1.165) is 17.7 Å². The van der Waals surface area contributed by atoms with E-state index in [1.54, 1.807) is 36.7 Å². The third kappa shape index (κ3) is 5.83. The van der Waals surface area contributed by atoms with E-state index in [-0.39, 0.29) is 6.61 Å². The van der Waals surface area contributed by atoms with Crippen molar-refractivity contribution in [2.24, 2.45) is 5.14 Å². The molecule has 1 aromatic heterocycles. The minimum Gasteiger partial charge on any atom is -0.491 e. The van der Waals surface area contributed by atoms with Gasteiger partial charge < -0.3 is 9.84 Å². The zero-order valence-corrected chi connectivity index (χ0v) is 16.3. The lowest BCUT2D eigenvalue weighted by Crippen LogP contribution is -2.18. The quantitative estimate of drug-likeness (QED) is 0.588. The van der Waals surface area contributed by atoms with E-state index >= 15 is 0 Å². The van der Waals surface area contributed by atoms with Crippen LogP contribution in [-0.4, -0.2) is 31.2 Å². The molecule has 0 fully saturated rings. The lowest BCUT2D eigenvalue weighted by Gasteiger charge is -2.13. The second-order valence-electron chi connectivity index (χ2n) is 6.58. The number of primary sulfonamides is 1. The van der Waals surface area contributed by atoms with Crippen LogP contribution in [0, 0.1) is 5.82 Å². The monoisotopic (exact) mass is 416 g/mol. The highest BCUT2D eigenvalue weighted by molar-refractivity contribution is 7.89. The van der Waals surface area contributed by atoms with Gasteiger partial charge in [-0.2, -0.15) is 0 Å². The zero-order chi connectivity index (χ0) is 20.9. The molecule has 2 aromatic carbocycles. The minimum absolute atomic E-state index is 0.150. The summed E-state index contributed by atoms with van der Waals surface area (Å²) >= 11 is 0. The molecule has 8 heteroatoms. The van der Waals surface area contributed by atoms with Gasteiger partial charge in [0.15, 0.2) is 0 Å². The molecule has 0 radical (unpaired) electrons. The first-order chi connectivity index (χ1) is 13.8. The number of aromatic nitrogens is 1. The molecule has 0 unspecified atom stereocenters. The summed E-state index contributed by atoms with van der Waals surface area (Å²) in [7, 11) is -4.10. The Morgan fingerprint density at radius 2 is 1.83 bits per heavy atom. The summed E-state index contributed by atoms with van der Waals surface area (Å²) in [6.45, 7) is 0.150. The molecule has 3 aromatic rings. The maximum absolute atomic E-state index is 14.0. The number of sulfonamides is 1. The fourth-order valence-corrected chi connectivity index (χ4v) is 3.40. The molecule has 3 rings (SSSR count). The van der Waals surface area contributed by atoms with Gasteiger partial charge in [0.1, 0.15) is 23.1 Å². The van der Waals surface area contributed by atoms with E-state index in [9.17, 15) is 17.9 Å². The van der Waals surface area contributed by atoms with Crippen LogP contribution in [-0.2, 0) is 16.4 Å². The molecule has 1 heterocycles. The number of halogens is 1. The van der Waals surface area contributed by atoms with E-state index < -0.39 is 26.8 Å². The maximum Gasteiger partial charge on any atom is 0.240 e. The molecule has 0 spiro atoms. The smallest absolute Gasteiger partial charge is 0.240 e. The number of nitrogens with zero attached hydrogens (tertiary/aromatic N) is 1. The number of aliphatic hydroxyl groups excluding tert-OH is 1. The molecule has 0 aliphatic carbocycles. The van der Waals surface area contributed by atoms with Gasteiger partial charge in [0.2, 0.25) is 10.0 Å². The van der Waals surface area contributed by atoms with Crippen LogP contribution in [0.15, 0.2) is 71.9 Å². The molecule has 0 saturated carbocycles. The van der Waals surface area contributed by atoms with Crippen LogP contribution >= 0.6 is 0 Å².